The SMILES string of the molecule is CCN(CC(=O)Nc1c(F)cccc1F)C(=O)C1CC=CCC1. The highest BCUT2D eigenvalue weighted by Gasteiger charge is 2.25. The lowest BCUT2D eigenvalue weighted by molar-refractivity contribution is -0.138. The minimum atomic E-state index is -0.842. The van der Waals surface area contributed by atoms with E-state index in [2.05, 4.69) is 5.32 Å². The molecule has 6 heteroatoms. The summed E-state index contributed by atoms with van der Waals surface area (Å²) in [5.74, 6) is -2.52. The Bertz CT molecular complexity index is 596. The molecule has 23 heavy (non-hydrogen) atoms. The van der Waals surface area contributed by atoms with E-state index in [1.54, 1.807) is 6.92 Å². The molecule has 1 aliphatic rings. The number of rotatable bonds is 5. The number of benzene rings is 1. The van der Waals surface area contributed by atoms with Gasteiger partial charge in [0.15, 0.2) is 0 Å². The predicted molar refractivity (Wildman–Crippen MR) is 83.7 cm³/mol. The summed E-state index contributed by atoms with van der Waals surface area (Å²) in [7, 11) is 0. The minimum absolute atomic E-state index is 0.0963. The first-order chi connectivity index (χ1) is 11.0. The van der Waals surface area contributed by atoms with Gasteiger partial charge in [-0.25, -0.2) is 8.78 Å². The van der Waals surface area contributed by atoms with E-state index < -0.39 is 23.2 Å². The summed E-state index contributed by atoms with van der Waals surface area (Å²) in [6, 6.07) is 3.35. The van der Waals surface area contributed by atoms with E-state index in [-0.39, 0.29) is 18.4 Å². The van der Waals surface area contributed by atoms with Crippen molar-refractivity contribution < 1.29 is 18.4 Å². The van der Waals surface area contributed by atoms with E-state index in [1.165, 1.54) is 11.0 Å². The number of anilines is 1. The van der Waals surface area contributed by atoms with Crippen molar-refractivity contribution in [1.29, 1.82) is 0 Å². The Balaban J connectivity index is 1.99. The number of carbonyl (C=O) groups is 2. The molecular formula is C17H20F2N2O2. The largest absolute Gasteiger partial charge is 0.333 e. The molecular weight excluding hydrogens is 302 g/mol. The number of hydrogen-bond acceptors (Lipinski definition) is 2. The fourth-order valence-corrected chi connectivity index (χ4v) is 2.59. The maximum absolute atomic E-state index is 13.5. The van der Waals surface area contributed by atoms with Crippen molar-refractivity contribution in [1.82, 2.24) is 4.90 Å². The van der Waals surface area contributed by atoms with Gasteiger partial charge in [0.05, 0.1) is 6.54 Å². The highest BCUT2D eigenvalue weighted by Crippen LogP contribution is 2.21. The normalized spacial score (nSPS) is 16.9. The van der Waals surface area contributed by atoms with Crippen LogP contribution in [0.5, 0.6) is 0 Å². The van der Waals surface area contributed by atoms with Crippen LogP contribution in [-0.2, 0) is 9.59 Å². The zero-order valence-electron chi connectivity index (χ0n) is 13.0. The van der Waals surface area contributed by atoms with Crippen molar-refractivity contribution in [3.8, 4) is 0 Å². The second-order valence-electron chi connectivity index (χ2n) is 5.48. The Labute approximate surface area is 134 Å². The van der Waals surface area contributed by atoms with Crippen LogP contribution in [0.1, 0.15) is 26.2 Å². The molecule has 2 amide bonds. The van der Waals surface area contributed by atoms with Gasteiger partial charge in [0.25, 0.3) is 0 Å². The lowest BCUT2D eigenvalue weighted by Gasteiger charge is -2.26. The fourth-order valence-electron chi connectivity index (χ4n) is 2.59. The third kappa shape index (κ3) is 4.37. The van der Waals surface area contributed by atoms with Crippen LogP contribution in [0.3, 0.4) is 0 Å². The summed E-state index contributed by atoms with van der Waals surface area (Å²) in [4.78, 5) is 25.9. The van der Waals surface area contributed by atoms with E-state index in [4.69, 9.17) is 0 Å². The number of carbonyl (C=O) groups excluding carboxylic acids is 2. The Morgan fingerprint density at radius 2 is 1.96 bits per heavy atom. The van der Waals surface area contributed by atoms with Crippen LogP contribution in [0, 0.1) is 17.6 Å². The Morgan fingerprint density at radius 1 is 1.26 bits per heavy atom. The molecule has 1 atom stereocenters. The monoisotopic (exact) mass is 322 g/mol. The number of nitrogens with one attached hydrogen (secondary N) is 1. The Kier molecular flexibility index (Phi) is 5.84. The third-order valence-electron chi connectivity index (χ3n) is 3.87. The number of amides is 2. The number of likely N-dealkylation sites (N-methyl/N-ethyl adjacent to an activating group) is 1. The predicted octanol–water partition coefficient (Wildman–Crippen LogP) is 3.11. The molecule has 0 aromatic heterocycles. The van der Waals surface area contributed by atoms with Crippen LogP contribution in [0.4, 0.5) is 14.5 Å². The second kappa shape index (κ2) is 7.85. The van der Waals surface area contributed by atoms with E-state index >= 15 is 0 Å². The standard InChI is InChI=1S/C17H20F2N2O2/c1-2-21(17(23)12-7-4-3-5-8-12)11-15(22)20-16-13(18)9-6-10-14(16)19/h3-4,6,9-10,12H,2,5,7-8,11H2,1H3,(H,20,22). The van der Waals surface area contributed by atoms with Gasteiger partial charge in [-0.3, -0.25) is 9.59 Å². The zero-order valence-corrected chi connectivity index (χ0v) is 13.0. The van der Waals surface area contributed by atoms with Crippen LogP contribution in [0.2, 0.25) is 0 Å². The first-order valence-corrected chi connectivity index (χ1v) is 7.70. The molecule has 1 aromatic rings. The van der Waals surface area contributed by atoms with Crippen molar-refractivity contribution in [2.75, 3.05) is 18.4 Å². The first-order valence-electron chi connectivity index (χ1n) is 7.70. The molecule has 2 rings (SSSR count). The molecule has 0 aliphatic heterocycles. The number of allylic oxidation sites excluding steroid dienone is 2. The summed E-state index contributed by atoms with van der Waals surface area (Å²) in [6.07, 6.45) is 6.28. The fraction of sp³-hybridized carbons (Fsp3) is 0.412. The van der Waals surface area contributed by atoms with Gasteiger partial charge in [0, 0.05) is 12.5 Å². The quantitative estimate of drug-likeness (QED) is 0.847. The van der Waals surface area contributed by atoms with Gasteiger partial charge < -0.3 is 10.2 Å². The molecule has 124 valence electrons. The summed E-state index contributed by atoms with van der Waals surface area (Å²) < 4.78 is 27.1. The van der Waals surface area contributed by atoms with Crippen molar-refractivity contribution in [2.45, 2.75) is 26.2 Å². The van der Waals surface area contributed by atoms with E-state index in [9.17, 15) is 18.4 Å². The van der Waals surface area contributed by atoms with Gasteiger partial charge in [-0.2, -0.15) is 0 Å². The Morgan fingerprint density at radius 3 is 2.52 bits per heavy atom. The van der Waals surface area contributed by atoms with Crippen molar-refractivity contribution in [3.05, 3.63) is 42.0 Å². The number of halogens is 2. The summed E-state index contributed by atoms with van der Waals surface area (Å²) in [5, 5.41) is 2.20. The molecule has 1 unspecified atom stereocenters. The molecule has 4 nitrogen and oxygen atoms in total. The molecule has 0 radical (unpaired) electrons. The molecule has 1 N–H and O–H groups in total. The average molecular weight is 322 g/mol. The van der Waals surface area contributed by atoms with Gasteiger partial charge in [0.2, 0.25) is 11.8 Å². The maximum Gasteiger partial charge on any atom is 0.244 e. The van der Waals surface area contributed by atoms with Gasteiger partial charge in [-0.05, 0) is 38.3 Å². The topological polar surface area (TPSA) is 49.4 Å². The molecule has 0 spiro atoms. The van der Waals surface area contributed by atoms with Crippen molar-refractivity contribution in [2.24, 2.45) is 5.92 Å². The third-order valence-corrected chi connectivity index (χ3v) is 3.87. The van der Waals surface area contributed by atoms with Crippen molar-refractivity contribution >= 4 is 17.5 Å². The number of hydrogen-bond donors (Lipinski definition) is 1. The highest BCUT2D eigenvalue weighted by atomic mass is 19.1. The lowest BCUT2D eigenvalue weighted by Crippen LogP contribution is -2.41. The van der Waals surface area contributed by atoms with Gasteiger partial charge in [-0.1, -0.05) is 18.2 Å². The lowest BCUT2D eigenvalue weighted by atomic mass is 9.93. The van der Waals surface area contributed by atoms with Crippen LogP contribution in [0.15, 0.2) is 30.4 Å². The minimum Gasteiger partial charge on any atom is -0.333 e. The van der Waals surface area contributed by atoms with Crippen LogP contribution in [-0.4, -0.2) is 29.8 Å². The maximum atomic E-state index is 13.5. The summed E-state index contributed by atoms with van der Waals surface area (Å²) in [5.41, 5.74) is -0.485. The second-order valence-corrected chi connectivity index (χ2v) is 5.48. The molecule has 0 saturated carbocycles. The van der Waals surface area contributed by atoms with E-state index in [0.29, 0.717) is 13.0 Å². The molecule has 1 aliphatic carbocycles. The number of nitrogens with zero attached hydrogens (tertiary/aromatic N) is 1. The molecule has 1 aromatic carbocycles. The van der Waals surface area contributed by atoms with Gasteiger partial charge in [0.1, 0.15) is 17.3 Å². The van der Waals surface area contributed by atoms with Crippen LogP contribution < -0.4 is 5.32 Å². The molecule has 0 bridgehead atoms. The molecule has 0 heterocycles. The zero-order chi connectivity index (χ0) is 16.8. The van der Waals surface area contributed by atoms with Crippen molar-refractivity contribution in [3.63, 3.8) is 0 Å². The van der Waals surface area contributed by atoms with Crippen LogP contribution in [0.25, 0.3) is 0 Å². The smallest absolute Gasteiger partial charge is 0.244 e. The van der Waals surface area contributed by atoms with Crippen LogP contribution >= 0.6 is 0 Å². The van der Waals surface area contributed by atoms with E-state index in [0.717, 1.165) is 25.0 Å². The first kappa shape index (κ1) is 17.1. The number of para-hydroxylation sites is 1. The molecule has 0 saturated heterocycles. The van der Waals surface area contributed by atoms with Gasteiger partial charge >= 0.3 is 0 Å². The summed E-state index contributed by atoms with van der Waals surface area (Å²) in [6.45, 7) is 1.92. The average Bonchev–Trinajstić information content (AvgIpc) is 2.56. The van der Waals surface area contributed by atoms with Gasteiger partial charge in [-0.15, -0.1) is 0 Å². The van der Waals surface area contributed by atoms with E-state index in [1.807, 2.05) is 12.2 Å². The Hall–Kier alpha value is -2.24. The summed E-state index contributed by atoms with van der Waals surface area (Å²) >= 11 is 0. The highest BCUT2D eigenvalue weighted by molar-refractivity contribution is 5.95. The molecule has 0 fully saturated rings.